The molecule has 0 radical (unpaired) electrons. The third kappa shape index (κ3) is 3.14. The zero-order chi connectivity index (χ0) is 26.1. The van der Waals surface area contributed by atoms with Gasteiger partial charge in [-0.25, -0.2) is 0 Å². The first-order chi connectivity index (χ1) is 18.3. The molecule has 186 valence electrons. The van der Waals surface area contributed by atoms with Gasteiger partial charge in [0.15, 0.2) is 0 Å². The fourth-order valence-corrected chi connectivity index (χ4v) is 6.27. The molecule has 0 spiro atoms. The zero-order valence-electron chi connectivity index (χ0n) is 22.2. The van der Waals surface area contributed by atoms with Crippen LogP contribution >= 0.6 is 0 Å². The van der Waals surface area contributed by atoms with Gasteiger partial charge in [0.05, 0.1) is 27.7 Å². The van der Waals surface area contributed by atoms with E-state index in [1.165, 1.54) is 38.8 Å². The number of aromatic nitrogens is 1. The van der Waals surface area contributed by atoms with Crippen molar-refractivity contribution in [3.05, 3.63) is 131 Å². The lowest BCUT2D eigenvalue weighted by atomic mass is 9.59. The average Bonchev–Trinajstić information content (AvgIpc) is 3.16. The Balaban J connectivity index is 1.58. The highest BCUT2D eigenvalue weighted by atomic mass is 16.7. The Kier molecular flexibility index (Phi) is 5.01. The maximum absolute atomic E-state index is 6.43. The average molecular weight is 495 g/mol. The van der Waals surface area contributed by atoms with Gasteiger partial charge in [-0.05, 0) is 73.2 Å². The molecular weight excluding hydrogens is 465 g/mol. The molecule has 2 heterocycles. The Labute approximate surface area is 224 Å². The van der Waals surface area contributed by atoms with Gasteiger partial charge in [0.25, 0.3) is 0 Å². The second kappa shape index (κ2) is 8.13. The van der Waals surface area contributed by atoms with E-state index in [1.54, 1.807) is 0 Å². The summed E-state index contributed by atoms with van der Waals surface area (Å²) in [6.45, 7) is 8.33. The van der Waals surface area contributed by atoms with Crippen molar-refractivity contribution < 1.29 is 9.31 Å². The number of fused-ring (bicyclic) bond motifs is 2. The lowest BCUT2D eigenvalue weighted by molar-refractivity contribution is 0.00578. The van der Waals surface area contributed by atoms with E-state index in [-0.39, 0.29) is 0 Å². The highest BCUT2D eigenvalue weighted by Crippen LogP contribution is 2.54. The van der Waals surface area contributed by atoms with Crippen LogP contribution in [0.1, 0.15) is 49.9 Å². The highest BCUT2D eigenvalue weighted by Gasteiger charge is 2.53. The van der Waals surface area contributed by atoms with E-state index in [9.17, 15) is 0 Å². The quantitative estimate of drug-likeness (QED) is 0.251. The van der Waals surface area contributed by atoms with Gasteiger partial charge in [0.1, 0.15) is 0 Å². The summed E-state index contributed by atoms with van der Waals surface area (Å²) in [6, 6.07) is 39.3. The van der Waals surface area contributed by atoms with Gasteiger partial charge in [0, 0.05) is 5.39 Å². The number of benzene rings is 4. The molecule has 1 saturated heterocycles. The van der Waals surface area contributed by atoms with Crippen molar-refractivity contribution in [3.8, 4) is 11.1 Å². The summed E-state index contributed by atoms with van der Waals surface area (Å²) in [7, 11) is -0.522. The van der Waals surface area contributed by atoms with Gasteiger partial charge in [-0.3, -0.25) is 4.98 Å². The van der Waals surface area contributed by atoms with Crippen LogP contribution in [0.4, 0.5) is 0 Å². The highest BCUT2D eigenvalue weighted by molar-refractivity contribution is 6.61. The van der Waals surface area contributed by atoms with Crippen LogP contribution in [-0.2, 0) is 14.7 Å². The molecule has 0 bridgehead atoms. The van der Waals surface area contributed by atoms with E-state index in [4.69, 9.17) is 14.3 Å². The standard InChI is InChI=1S/C34H30BNO2/c1-32(2)33(3,4)38-35(37-32)30-22-26-25-18-11-12-19-27(25)34(23-14-7-5-8-15-23,24-16-9-6-10-17-24)28-20-13-21-29(36-30)31(26)28/h5-22H,1-4H3. The first-order valence-corrected chi connectivity index (χ1v) is 13.3. The molecule has 4 heteroatoms. The van der Waals surface area contributed by atoms with Crippen LogP contribution in [0.15, 0.2) is 109 Å². The van der Waals surface area contributed by atoms with Crippen LogP contribution < -0.4 is 5.59 Å². The summed E-state index contributed by atoms with van der Waals surface area (Å²) in [6.07, 6.45) is 0. The van der Waals surface area contributed by atoms with E-state index in [1.807, 2.05) is 0 Å². The summed E-state index contributed by atoms with van der Waals surface area (Å²) in [4.78, 5) is 5.17. The van der Waals surface area contributed by atoms with Gasteiger partial charge in [-0.15, -0.1) is 0 Å². The molecule has 1 aromatic heterocycles. The largest absolute Gasteiger partial charge is 0.514 e. The van der Waals surface area contributed by atoms with Crippen molar-refractivity contribution in [1.29, 1.82) is 0 Å². The molecule has 0 N–H and O–H groups in total. The van der Waals surface area contributed by atoms with Crippen molar-refractivity contribution in [3.63, 3.8) is 0 Å². The number of nitrogens with zero attached hydrogens (tertiary/aromatic N) is 1. The van der Waals surface area contributed by atoms with Gasteiger partial charge in [-0.1, -0.05) is 97.1 Å². The molecular formula is C34H30BNO2. The van der Waals surface area contributed by atoms with Crippen molar-refractivity contribution in [2.24, 2.45) is 0 Å². The molecule has 0 unspecified atom stereocenters. The minimum atomic E-state index is -0.522. The first-order valence-electron chi connectivity index (χ1n) is 13.3. The minimum absolute atomic E-state index is 0.430. The summed E-state index contributed by atoms with van der Waals surface area (Å²) in [5.74, 6) is 0. The van der Waals surface area contributed by atoms with Crippen LogP contribution in [0.3, 0.4) is 0 Å². The van der Waals surface area contributed by atoms with Gasteiger partial charge >= 0.3 is 7.12 Å². The smallest absolute Gasteiger partial charge is 0.398 e. The molecule has 5 aromatic rings. The number of hydrogen-bond donors (Lipinski definition) is 0. The summed E-state index contributed by atoms with van der Waals surface area (Å²) >= 11 is 0. The first kappa shape index (κ1) is 23.4. The molecule has 4 aromatic carbocycles. The monoisotopic (exact) mass is 495 g/mol. The Bertz CT molecular complexity index is 1620. The van der Waals surface area contributed by atoms with Crippen molar-refractivity contribution in [2.45, 2.75) is 44.3 Å². The third-order valence-corrected chi connectivity index (χ3v) is 8.79. The summed E-state index contributed by atoms with van der Waals surface area (Å²) in [5.41, 5.74) is 7.82. The van der Waals surface area contributed by atoms with E-state index in [0.29, 0.717) is 0 Å². The fourth-order valence-electron chi connectivity index (χ4n) is 6.27. The molecule has 3 nitrogen and oxygen atoms in total. The summed E-state index contributed by atoms with van der Waals surface area (Å²) in [5, 5.41) is 1.18. The fraction of sp³-hybridized carbons (Fsp3) is 0.206. The predicted molar refractivity (Wildman–Crippen MR) is 155 cm³/mol. The van der Waals surface area contributed by atoms with E-state index in [2.05, 4.69) is 137 Å². The van der Waals surface area contributed by atoms with Gasteiger partial charge in [0.2, 0.25) is 0 Å². The summed E-state index contributed by atoms with van der Waals surface area (Å²) < 4.78 is 12.9. The van der Waals surface area contributed by atoms with Crippen LogP contribution in [0, 0.1) is 0 Å². The van der Waals surface area contributed by atoms with Crippen LogP contribution in [0.2, 0.25) is 0 Å². The molecule has 1 aliphatic carbocycles. The van der Waals surface area contributed by atoms with Crippen molar-refractivity contribution >= 4 is 23.6 Å². The van der Waals surface area contributed by atoms with E-state index < -0.39 is 23.7 Å². The van der Waals surface area contributed by atoms with Crippen LogP contribution in [0.5, 0.6) is 0 Å². The van der Waals surface area contributed by atoms with Crippen molar-refractivity contribution in [1.82, 2.24) is 4.98 Å². The topological polar surface area (TPSA) is 31.4 Å². The number of pyridine rings is 1. The van der Waals surface area contributed by atoms with Crippen LogP contribution in [0.25, 0.3) is 22.0 Å². The molecule has 0 amide bonds. The predicted octanol–water partition coefficient (Wildman–Crippen LogP) is 6.90. The molecule has 0 saturated carbocycles. The normalized spacial score (nSPS) is 18.4. The molecule has 0 atom stereocenters. The minimum Gasteiger partial charge on any atom is -0.398 e. The van der Waals surface area contributed by atoms with E-state index >= 15 is 0 Å². The zero-order valence-corrected chi connectivity index (χ0v) is 22.2. The van der Waals surface area contributed by atoms with Crippen molar-refractivity contribution in [2.75, 3.05) is 0 Å². The second-order valence-electron chi connectivity index (χ2n) is 11.4. The Morgan fingerprint density at radius 1 is 0.579 bits per heavy atom. The lowest BCUT2D eigenvalue weighted by Gasteiger charge is -2.42. The second-order valence-corrected chi connectivity index (χ2v) is 11.4. The van der Waals surface area contributed by atoms with Crippen LogP contribution in [-0.4, -0.2) is 23.3 Å². The maximum atomic E-state index is 6.43. The number of hydrogen-bond acceptors (Lipinski definition) is 3. The molecule has 1 aliphatic heterocycles. The molecule has 38 heavy (non-hydrogen) atoms. The Hall–Kier alpha value is -3.73. The molecule has 7 rings (SSSR count). The van der Waals surface area contributed by atoms with Gasteiger partial charge in [-0.2, -0.15) is 0 Å². The number of rotatable bonds is 3. The molecule has 1 fully saturated rings. The Morgan fingerprint density at radius 2 is 1.13 bits per heavy atom. The SMILES string of the molecule is CC1(C)OB(c2cc3c4c(cccc4n2)C(c2ccccc2)(c2ccccc2)c2ccccc2-3)OC1(C)C. The maximum Gasteiger partial charge on any atom is 0.514 e. The third-order valence-electron chi connectivity index (χ3n) is 8.79. The lowest BCUT2D eigenvalue weighted by Crippen LogP contribution is -2.41. The van der Waals surface area contributed by atoms with Gasteiger partial charge < -0.3 is 9.31 Å². The Morgan fingerprint density at radius 3 is 1.76 bits per heavy atom. The molecule has 2 aliphatic rings. The van der Waals surface area contributed by atoms with E-state index in [0.717, 1.165) is 11.1 Å².